The van der Waals surface area contributed by atoms with Crippen LogP contribution in [-0.2, 0) is 6.42 Å². The third-order valence-electron chi connectivity index (χ3n) is 4.66. The van der Waals surface area contributed by atoms with Crippen LogP contribution in [-0.4, -0.2) is 29.7 Å². The van der Waals surface area contributed by atoms with Crippen molar-refractivity contribution in [2.45, 2.75) is 19.4 Å². The number of rotatable bonds is 8. The normalized spacial score (nSPS) is 11.6. The average molecular weight is 424 g/mol. The van der Waals surface area contributed by atoms with Gasteiger partial charge in [-0.3, -0.25) is 5.32 Å². The standard InChI is InChI=1S/C22H25FN6O2/c1-14(16-4-6-17(23)7-5-16)25-10-9-15-3-8-18(19(11-15)31-2)28-22(30)29-21-13-26-20(24)12-27-21/h3-8,11-14,25H,9-10H2,1-2H3,(H2,24,26)(H2,27,28,29,30)/t14-/m0/s1. The fourth-order valence-electron chi connectivity index (χ4n) is 2.97. The van der Waals surface area contributed by atoms with E-state index in [0.717, 1.165) is 24.1 Å². The van der Waals surface area contributed by atoms with E-state index in [-0.39, 0.29) is 23.5 Å². The minimum Gasteiger partial charge on any atom is -0.495 e. The Labute approximate surface area is 180 Å². The van der Waals surface area contributed by atoms with Crippen molar-refractivity contribution in [1.82, 2.24) is 15.3 Å². The molecule has 3 aromatic rings. The number of methoxy groups -OCH3 is 1. The first-order valence-corrected chi connectivity index (χ1v) is 9.76. The highest BCUT2D eigenvalue weighted by molar-refractivity contribution is 6.00. The second kappa shape index (κ2) is 10.4. The van der Waals surface area contributed by atoms with Crippen LogP contribution in [0.4, 0.5) is 26.5 Å². The maximum Gasteiger partial charge on any atom is 0.324 e. The molecule has 0 aliphatic heterocycles. The van der Waals surface area contributed by atoms with E-state index in [1.807, 2.05) is 19.1 Å². The van der Waals surface area contributed by atoms with E-state index >= 15 is 0 Å². The zero-order valence-corrected chi connectivity index (χ0v) is 17.4. The number of carbonyl (C=O) groups excluding carboxylic acids is 1. The van der Waals surface area contributed by atoms with Crippen LogP contribution >= 0.6 is 0 Å². The van der Waals surface area contributed by atoms with E-state index in [9.17, 15) is 9.18 Å². The van der Waals surface area contributed by atoms with E-state index < -0.39 is 6.03 Å². The van der Waals surface area contributed by atoms with Crippen LogP contribution in [0.1, 0.15) is 24.1 Å². The topological polar surface area (TPSA) is 114 Å². The van der Waals surface area contributed by atoms with Gasteiger partial charge in [0.25, 0.3) is 0 Å². The number of nitrogen functional groups attached to an aromatic ring is 1. The molecule has 1 atom stereocenters. The number of hydrogen-bond donors (Lipinski definition) is 4. The Morgan fingerprint density at radius 2 is 1.90 bits per heavy atom. The molecule has 31 heavy (non-hydrogen) atoms. The Bertz CT molecular complexity index is 1010. The number of aromatic nitrogens is 2. The summed E-state index contributed by atoms with van der Waals surface area (Å²) in [6.07, 6.45) is 3.49. The summed E-state index contributed by atoms with van der Waals surface area (Å²) in [7, 11) is 1.54. The Kier molecular flexibility index (Phi) is 7.34. The van der Waals surface area contributed by atoms with E-state index in [4.69, 9.17) is 10.5 Å². The Morgan fingerprint density at radius 3 is 2.58 bits per heavy atom. The minimum absolute atomic E-state index is 0.101. The lowest BCUT2D eigenvalue weighted by Gasteiger charge is -2.15. The SMILES string of the molecule is COc1cc(CCN[C@@H](C)c2ccc(F)cc2)ccc1NC(=O)Nc1cnc(N)cn1. The number of urea groups is 1. The third kappa shape index (κ3) is 6.38. The maximum atomic E-state index is 13.1. The number of nitrogens with two attached hydrogens (primary N) is 1. The van der Waals surface area contributed by atoms with Crippen LogP contribution in [0.3, 0.4) is 0 Å². The van der Waals surface area contributed by atoms with Gasteiger partial charge in [0.15, 0.2) is 5.82 Å². The molecule has 8 nitrogen and oxygen atoms in total. The number of halogens is 1. The summed E-state index contributed by atoms with van der Waals surface area (Å²) in [6, 6.07) is 11.7. The number of ether oxygens (including phenoxy) is 1. The second-order valence-electron chi connectivity index (χ2n) is 6.92. The summed E-state index contributed by atoms with van der Waals surface area (Å²) >= 11 is 0. The molecule has 0 spiro atoms. The summed E-state index contributed by atoms with van der Waals surface area (Å²) in [5.74, 6) is 0.850. The summed E-state index contributed by atoms with van der Waals surface area (Å²) in [4.78, 5) is 20.1. The number of anilines is 3. The van der Waals surface area contributed by atoms with Crippen molar-refractivity contribution in [2.24, 2.45) is 0 Å². The van der Waals surface area contributed by atoms with Gasteiger partial charge < -0.3 is 21.1 Å². The largest absolute Gasteiger partial charge is 0.495 e. The monoisotopic (exact) mass is 424 g/mol. The molecule has 3 rings (SSSR count). The van der Waals surface area contributed by atoms with E-state index in [1.165, 1.54) is 24.5 Å². The molecule has 1 aromatic heterocycles. The molecule has 1 heterocycles. The number of amides is 2. The smallest absolute Gasteiger partial charge is 0.324 e. The molecule has 0 unspecified atom stereocenters. The van der Waals surface area contributed by atoms with Crippen molar-refractivity contribution in [3.05, 3.63) is 71.8 Å². The lowest BCUT2D eigenvalue weighted by atomic mass is 10.1. The summed E-state index contributed by atoms with van der Waals surface area (Å²) in [6.45, 7) is 2.76. The molecule has 0 saturated heterocycles. The van der Waals surface area contributed by atoms with Gasteiger partial charge in [0.1, 0.15) is 17.4 Å². The zero-order valence-electron chi connectivity index (χ0n) is 17.4. The van der Waals surface area contributed by atoms with Crippen LogP contribution in [0.2, 0.25) is 0 Å². The van der Waals surface area contributed by atoms with Gasteiger partial charge in [0, 0.05) is 6.04 Å². The lowest BCUT2D eigenvalue weighted by molar-refractivity contribution is 0.262. The molecular formula is C22H25FN6O2. The fraction of sp³-hybridized carbons (Fsp3) is 0.227. The van der Waals surface area contributed by atoms with Crippen LogP contribution in [0.25, 0.3) is 0 Å². The summed E-state index contributed by atoms with van der Waals surface area (Å²) < 4.78 is 18.5. The Morgan fingerprint density at radius 1 is 1.13 bits per heavy atom. The van der Waals surface area contributed by atoms with Gasteiger partial charge in [-0.15, -0.1) is 0 Å². The predicted octanol–water partition coefficient (Wildman–Crippen LogP) is 3.74. The van der Waals surface area contributed by atoms with Gasteiger partial charge in [-0.05, 0) is 55.3 Å². The number of benzene rings is 2. The molecule has 0 bridgehead atoms. The Balaban J connectivity index is 1.54. The molecule has 2 aromatic carbocycles. The van der Waals surface area contributed by atoms with Gasteiger partial charge in [-0.25, -0.2) is 19.2 Å². The number of hydrogen-bond acceptors (Lipinski definition) is 6. The van der Waals surface area contributed by atoms with E-state index in [1.54, 1.807) is 25.3 Å². The maximum absolute atomic E-state index is 13.1. The van der Waals surface area contributed by atoms with Gasteiger partial charge in [-0.1, -0.05) is 18.2 Å². The summed E-state index contributed by atoms with van der Waals surface area (Å²) in [5, 5.41) is 8.73. The molecule has 0 radical (unpaired) electrons. The quantitative estimate of drug-likeness (QED) is 0.438. The number of nitrogens with zero attached hydrogens (tertiary/aromatic N) is 2. The molecule has 2 amide bonds. The van der Waals surface area contributed by atoms with E-state index in [0.29, 0.717) is 11.4 Å². The first-order chi connectivity index (χ1) is 14.9. The first-order valence-electron chi connectivity index (χ1n) is 9.76. The molecule has 9 heteroatoms. The molecule has 0 aliphatic rings. The molecule has 162 valence electrons. The van der Waals surface area contributed by atoms with Crippen molar-refractivity contribution in [1.29, 1.82) is 0 Å². The van der Waals surface area contributed by atoms with Crippen LogP contribution in [0, 0.1) is 5.82 Å². The predicted molar refractivity (Wildman–Crippen MR) is 119 cm³/mol. The molecular weight excluding hydrogens is 399 g/mol. The van der Waals surface area contributed by atoms with Crippen LogP contribution in [0.5, 0.6) is 5.75 Å². The number of nitrogens with one attached hydrogen (secondary N) is 3. The molecule has 0 saturated carbocycles. The number of carbonyl (C=O) groups is 1. The average Bonchev–Trinajstić information content (AvgIpc) is 2.76. The molecule has 0 aliphatic carbocycles. The highest BCUT2D eigenvalue weighted by Gasteiger charge is 2.10. The summed E-state index contributed by atoms with van der Waals surface area (Å²) in [5.41, 5.74) is 8.08. The fourth-order valence-corrected chi connectivity index (χ4v) is 2.97. The van der Waals surface area contributed by atoms with Crippen molar-refractivity contribution in [3.63, 3.8) is 0 Å². The lowest BCUT2D eigenvalue weighted by Crippen LogP contribution is -2.22. The zero-order chi connectivity index (χ0) is 22.2. The van der Waals surface area contributed by atoms with Crippen molar-refractivity contribution < 1.29 is 13.9 Å². The molecule has 5 N–H and O–H groups in total. The van der Waals surface area contributed by atoms with Gasteiger partial charge in [0.05, 0.1) is 25.2 Å². The van der Waals surface area contributed by atoms with Gasteiger partial charge in [-0.2, -0.15) is 0 Å². The second-order valence-corrected chi connectivity index (χ2v) is 6.92. The first kappa shape index (κ1) is 22.0. The Hall–Kier alpha value is -3.72. The van der Waals surface area contributed by atoms with Crippen LogP contribution in [0.15, 0.2) is 54.9 Å². The van der Waals surface area contributed by atoms with Crippen molar-refractivity contribution in [2.75, 3.05) is 30.0 Å². The van der Waals surface area contributed by atoms with Gasteiger partial charge >= 0.3 is 6.03 Å². The van der Waals surface area contributed by atoms with Crippen molar-refractivity contribution >= 4 is 23.4 Å². The van der Waals surface area contributed by atoms with E-state index in [2.05, 4.69) is 25.9 Å². The highest BCUT2D eigenvalue weighted by atomic mass is 19.1. The van der Waals surface area contributed by atoms with Crippen LogP contribution < -0.4 is 26.4 Å². The minimum atomic E-state index is -0.472. The van der Waals surface area contributed by atoms with Gasteiger partial charge in [0.2, 0.25) is 0 Å². The molecule has 0 fully saturated rings. The van der Waals surface area contributed by atoms with Crippen molar-refractivity contribution in [3.8, 4) is 5.75 Å². The third-order valence-corrected chi connectivity index (χ3v) is 4.66. The highest BCUT2D eigenvalue weighted by Crippen LogP contribution is 2.26.